The average molecular weight is 315 g/mol. The molecule has 0 saturated carbocycles. The maximum absolute atomic E-state index is 12.6. The van der Waals surface area contributed by atoms with Crippen LogP contribution in [-0.4, -0.2) is 49.8 Å². The molecule has 0 spiro atoms. The third-order valence-electron chi connectivity index (χ3n) is 4.23. The number of rotatable bonds is 3. The third kappa shape index (κ3) is 2.72. The minimum Gasteiger partial charge on any atom is -0.299 e. The second-order valence-corrected chi connectivity index (χ2v) is 7.88. The number of hydrogen-bond donors (Lipinski definition) is 0. The van der Waals surface area contributed by atoms with Crippen LogP contribution in [0.3, 0.4) is 0 Å². The molecular weight excluding hydrogens is 296 g/mol. The van der Waals surface area contributed by atoms with Gasteiger partial charge in [0.25, 0.3) is 0 Å². The molecule has 6 heteroatoms. The Labute approximate surface area is 125 Å². The van der Waals surface area contributed by atoms with E-state index in [0.717, 1.165) is 19.5 Å². The summed E-state index contributed by atoms with van der Waals surface area (Å²) in [6.45, 7) is 3.45. The summed E-state index contributed by atoms with van der Waals surface area (Å²) in [5.41, 5.74) is 0. The lowest BCUT2D eigenvalue weighted by molar-refractivity contribution is 0.251. The Kier molecular flexibility index (Phi) is 4.04. The van der Waals surface area contributed by atoms with Crippen molar-refractivity contribution in [1.82, 2.24) is 9.21 Å². The largest absolute Gasteiger partial charge is 0.299 e. The van der Waals surface area contributed by atoms with Crippen LogP contribution < -0.4 is 0 Å². The molecule has 4 nitrogen and oxygen atoms in total. The minimum atomic E-state index is -3.37. The number of halogens is 1. The Morgan fingerprint density at radius 3 is 2.35 bits per heavy atom. The van der Waals surface area contributed by atoms with Crippen molar-refractivity contribution in [3.8, 4) is 0 Å². The quantitative estimate of drug-likeness (QED) is 0.859. The van der Waals surface area contributed by atoms with E-state index >= 15 is 0 Å². The highest BCUT2D eigenvalue weighted by atomic mass is 35.5. The molecule has 1 aromatic carbocycles. The Morgan fingerprint density at radius 1 is 1.05 bits per heavy atom. The van der Waals surface area contributed by atoms with Gasteiger partial charge < -0.3 is 0 Å². The molecule has 2 heterocycles. The highest BCUT2D eigenvalue weighted by molar-refractivity contribution is 7.89. The van der Waals surface area contributed by atoms with E-state index in [0.29, 0.717) is 29.0 Å². The van der Waals surface area contributed by atoms with Crippen LogP contribution >= 0.6 is 11.6 Å². The van der Waals surface area contributed by atoms with Gasteiger partial charge in [-0.25, -0.2) is 8.42 Å². The van der Waals surface area contributed by atoms with E-state index in [1.54, 1.807) is 28.6 Å². The van der Waals surface area contributed by atoms with Crippen molar-refractivity contribution in [2.45, 2.75) is 30.2 Å². The minimum absolute atomic E-state index is 0.337. The number of nitrogens with zero attached hydrogens (tertiary/aromatic N) is 2. The van der Waals surface area contributed by atoms with Gasteiger partial charge in [-0.1, -0.05) is 11.6 Å². The van der Waals surface area contributed by atoms with Crippen molar-refractivity contribution in [2.75, 3.05) is 26.2 Å². The fraction of sp³-hybridized carbons (Fsp3) is 0.571. The van der Waals surface area contributed by atoms with Gasteiger partial charge in [0.2, 0.25) is 10.0 Å². The van der Waals surface area contributed by atoms with E-state index in [4.69, 9.17) is 11.6 Å². The molecule has 0 radical (unpaired) electrons. The van der Waals surface area contributed by atoms with Crippen LogP contribution in [0.1, 0.15) is 19.3 Å². The molecule has 20 heavy (non-hydrogen) atoms. The Bertz CT molecular complexity index is 567. The van der Waals surface area contributed by atoms with Crippen molar-refractivity contribution in [3.63, 3.8) is 0 Å². The zero-order chi connectivity index (χ0) is 14.2. The Balaban J connectivity index is 1.74. The molecule has 0 aliphatic carbocycles. The smallest absolute Gasteiger partial charge is 0.243 e. The standard InChI is InChI=1S/C14H19ClN2O2S/c15-12-3-5-14(6-4-12)20(18,19)17-10-7-13(11-17)16-8-1-2-9-16/h3-6,13H,1-2,7-11H2. The van der Waals surface area contributed by atoms with E-state index < -0.39 is 10.0 Å². The molecular formula is C14H19ClN2O2S. The van der Waals surface area contributed by atoms with Gasteiger partial charge >= 0.3 is 0 Å². The molecule has 2 saturated heterocycles. The van der Waals surface area contributed by atoms with Crippen LogP contribution in [-0.2, 0) is 10.0 Å². The van der Waals surface area contributed by atoms with Gasteiger partial charge in [0.05, 0.1) is 4.90 Å². The lowest BCUT2D eigenvalue weighted by Gasteiger charge is -2.23. The predicted octanol–water partition coefficient (Wildman–Crippen LogP) is 2.20. The molecule has 2 aliphatic rings. The lowest BCUT2D eigenvalue weighted by Crippen LogP contribution is -2.37. The third-order valence-corrected chi connectivity index (χ3v) is 6.37. The fourth-order valence-corrected chi connectivity index (χ4v) is 4.71. The van der Waals surface area contributed by atoms with Gasteiger partial charge in [-0.05, 0) is 56.6 Å². The average Bonchev–Trinajstić information content (AvgIpc) is 3.10. The van der Waals surface area contributed by atoms with E-state index in [1.807, 2.05) is 0 Å². The summed E-state index contributed by atoms with van der Waals surface area (Å²) in [5, 5.41) is 0.556. The van der Waals surface area contributed by atoms with Gasteiger partial charge in [0.1, 0.15) is 0 Å². The van der Waals surface area contributed by atoms with Crippen LogP contribution in [0.5, 0.6) is 0 Å². The molecule has 1 unspecified atom stereocenters. The van der Waals surface area contributed by atoms with Crippen molar-refractivity contribution < 1.29 is 8.42 Å². The van der Waals surface area contributed by atoms with Gasteiger partial charge in [-0.3, -0.25) is 4.90 Å². The van der Waals surface area contributed by atoms with Gasteiger partial charge in [0.15, 0.2) is 0 Å². The summed E-state index contributed by atoms with van der Waals surface area (Å²) in [4.78, 5) is 2.76. The maximum atomic E-state index is 12.6. The molecule has 0 aromatic heterocycles. The number of sulfonamides is 1. The van der Waals surface area contributed by atoms with Crippen molar-refractivity contribution in [3.05, 3.63) is 29.3 Å². The summed E-state index contributed by atoms with van der Waals surface area (Å²) in [7, 11) is -3.37. The Morgan fingerprint density at radius 2 is 1.70 bits per heavy atom. The predicted molar refractivity (Wildman–Crippen MR) is 79.4 cm³/mol. The highest BCUT2D eigenvalue weighted by Gasteiger charge is 2.35. The first-order valence-electron chi connectivity index (χ1n) is 7.07. The molecule has 0 amide bonds. The second-order valence-electron chi connectivity index (χ2n) is 5.50. The van der Waals surface area contributed by atoms with E-state index in [1.165, 1.54) is 12.8 Å². The molecule has 0 N–H and O–H groups in total. The van der Waals surface area contributed by atoms with E-state index in [9.17, 15) is 8.42 Å². The monoisotopic (exact) mass is 314 g/mol. The van der Waals surface area contributed by atoms with Gasteiger partial charge in [-0.2, -0.15) is 4.31 Å². The number of hydrogen-bond acceptors (Lipinski definition) is 3. The summed E-state index contributed by atoms with van der Waals surface area (Å²) >= 11 is 5.82. The SMILES string of the molecule is O=S(=O)(c1ccc(Cl)cc1)N1CCC(N2CCCC2)C1. The number of likely N-dealkylation sites (tertiary alicyclic amines) is 1. The first-order chi connectivity index (χ1) is 9.57. The van der Waals surface area contributed by atoms with Crippen LogP contribution in [0.25, 0.3) is 0 Å². The van der Waals surface area contributed by atoms with E-state index in [-0.39, 0.29) is 0 Å². The zero-order valence-electron chi connectivity index (χ0n) is 11.3. The first kappa shape index (κ1) is 14.3. The summed E-state index contributed by atoms with van der Waals surface area (Å²) in [5.74, 6) is 0. The molecule has 0 bridgehead atoms. The highest BCUT2D eigenvalue weighted by Crippen LogP contribution is 2.26. The Hall–Kier alpha value is -0.620. The van der Waals surface area contributed by atoms with Crippen molar-refractivity contribution in [2.24, 2.45) is 0 Å². The topological polar surface area (TPSA) is 40.6 Å². The fourth-order valence-electron chi connectivity index (χ4n) is 3.09. The second kappa shape index (κ2) is 5.64. The van der Waals surface area contributed by atoms with Gasteiger partial charge in [0, 0.05) is 24.2 Å². The van der Waals surface area contributed by atoms with Crippen LogP contribution in [0.2, 0.25) is 5.02 Å². The van der Waals surface area contributed by atoms with Gasteiger partial charge in [-0.15, -0.1) is 0 Å². The summed E-state index contributed by atoms with van der Waals surface area (Å²) in [6, 6.07) is 6.81. The summed E-state index contributed by atoms with van der Waals surface area (Å²) < 4.78 is 26.8. The van der Waals surface area contributed by atoms with Crippen LogP contribution in [0.4, 0.5) is 0 Å². The molecule has 1 aromatic rings. The van der Waals surface area contributed by atoms with Crippen molar-refractivity contribution >= 4 is 21.6 Å². The lowest BCUT2D eigenvalue weighted by atomic mass is 10.2. The number of benzene rings is 1. The molecule has 2 fully saturated rings. The van der Waals surface area contributed by atoms with Crippen molar-refractivity contribution in [1.29, 1.82) is 0 Å². The molecule has 2 aliphatic heterocycles. The summed E-state index contributed by atoms with van der Waals surface area (Å²) in [6.07, 6.45) is 3.41. The maximum Gasteiger partial charge on any atom is 0.243 e. The van der Waals surface area contributed by atoms with Crippen LogP contribution in [0.15, 0.2) is 29.2 Å². The zero-order valence-corrected chi connectivity index (χ0v) is 12.9. The molecule has 3 rings (SSSR count). The normalized spacial score (nSPS) is 25.4. The van der Waals surface area contributed by atoms with Crippen LogP contribution in [0, 0.1) is 0 Å². The van der Waals surface area contributed by atoms with E-state index in [2.05, 4.69) is 4.90 Å². The first-order valence-corrected chi connectivity index (χ1v) is 8.89. The molecule has 1 atom stereocenters. The molecule has 110 valence electrons.